The van der Waals surface area contributed by atoms with Crippen LogP contribution in [0, 0.1) is 0 Å². The van der Waals surface area contributed by atoms with E-state index in [0.29, 0.717) is 29.4 Å². The average Bonchev–Trinajstić information content (AvgIpc) is 2.59. The Morgan fingerprint density at radius 1 is 1.00 bits per heavy atom. The topological polar surface area (TPSA) is 57.9 Å². The van der Waals surface area contributed by atoms with Crippen LogP contribution < -0.4 is 19.8 Å². The van der Waals surface area contributed by atoms with Crippen molar-refractivity contribution in [2.24, 2.45) is 0 Å². The van der Waals surface area contributed by atoms with Gasteiger partial charge in [0.2, 0.25) is 0 Å². The predicted octanol–water partition coefficient (Wildman–Crippen LogP) is 4.15. The third-order valence-corrected chi connectivity index (χ3v) is 4.28. The van der Waals surface area contributed by atoms with Crippen LogP contribution in [0.3, 0.4) is 0 Å². The van der Waals surface area contributed by atoms with E-state index in [1.165, 1.54) is 6.07 Å². The van der Waals surface area contributed by atoms with Crippen LogP contribution in [0.25, 0.3) is 11.0 Å². The smallest absolute Gasteiger partial charge is 0.336 e. The summed E-state index contributed by atoms with van der Waals surface area (Å²) in [5.41, 5.74) is 1.01. The van der Waals surface area contributed by atoms with Crippen LogP contribution in [0.5, 0.6) is 17.2 Å². The molecule has 124 valence electrons. The first kappa shape index (κ1) is 16.4. The van der Waals surface area contributed by atoms with Gasteiger partial charge in [-0.15, -0.1) is 0 Å². The molecule has 0 aliphatic heterocycles. The van der Waals surface area contributed by atoms with Crippen molar-refractivity contribution in [1.29, 1.82) is 0 Å². The van der Waals surface area contributed by atoms with Crippen molar-refractivity contribution in [3.8, 4) is 17.2 Å². The van der Waals surface area contributed by atoms with Crippen LogP contribution in [0.15, 0.2) is 56.1 Å². The molecule has 0 fully saturated rings. The summed E-state index contributed by atoms with van der Waals surface area (Å²) in [6.45, 7) is 0.323. The highest BCUT2D eigenvalue weighted by Crippen LogP contribution is 2.34. The lowest BCUT2D eigenvalue weighted by Gasteiger charge is -2.13. The third kappa shape index (κ3) is 3.38. The van der Waals surface area contributed by atoms with E-state index in [4.69, 9.17) is 18.6 Å². The first-order chi connectivity index (χ1) is 11.6. The zero-order valence-electron chi connectivity index (χ0n) is 13.2. The molecule has 3 rings (SSSR count). The maximum Gasteiger partial charge on any atom is 0.336 e. The SMILES string of the molecule is COc1cc(Br)c(COc2ccc3ccc(=O)oc3c2)cc1OC. The van der Waals surface area contributed by atoms with Crippen molar-refractivity contribution >= 4 is 26.9 Å². The molecule has 0 aliphatic rings. The molecule has 0 aliphatic carbocycles. The van der Waals surface area contributed by atoms with Gasteiger partial charge in [0.15, 0.2) is 11.5 Å². The minimum absolute atomic E-state index is 0.323. The Kier molecular flexibility index (Phi) is 4.76. The molecule has 0 unspecified atom stereocenters. The minimum Gasteiger partial charge on any atom is -0.493 e. The number of halogens is 1. The first-order valence-electron chi connectivity index (χ1n) is 7.18. The molecular weight excluding hydrogens is 376 g/mol. The lowest BCUT2D eigenvalue weighted by atomic mass is 10.2. The highest BCUT2D eigenvalue weighted by atomic mass is 79.9. The van der Waals surface area contributed by atoms with Gasteiger partial charge in [0.1, 0.15) is 17.9 Å². The molecule has 0 atom stereocenters. The van der Waals surface area contributed by atoms with Crippen LogP contribution in [-0.2, 0) is 6.61 Å². The molecule has 0 spiro atoms. The molecule has 24 heavy (non-hydrogen) atoms. The summed E-state index contributed by atoms with van der Waals surface area (Å²) < 4.78 is 22.4. The van der Waals surface area contributed by atoms with Gasteiger partial charge in [0, 0.05) is 27.6 Å². The van der Waals surface area contributed by atoms with Crippen LogP contribution in [0.4, 0.5) is 0 Å². The van der Waals surface area contributed by atoms with Gasteiger partial charge >= 0.3 is 5.63 Å². The van der Waals surface area contributed by atoms with Gasteiger partial charge in [-0.1, -0.05) is 15.9 Å². The van der Waals surface area contributed by atoms with E-state index in [9.17, 15) is 4.79 Å². The second-order valence-corrected chi connectivity index (χ2v) is 5.90. The Labute approximate surface area is 146 Å². The van der Waals surface area contributed by atoms with Gasteiger partial charge < -0.3 is 18.6 Å². The summed E-state index contributed by atoms with van der Waals surface area (Å²) >= 11 is 3.50. The molecule has 1 aromatic heterocycles. The predicted molar refractivity (Wildman–Crippen MR) is 94.1 cm³/mol. The van der Waals surface area contributed by atoms with Gasteiger partial charge in [-0.25, -0.2) is 4.79 Å². The fourth-order valence-electron chi connectivity index (χ4n) is 2.30. The average molecular weight is 391 g/mol. The van der Waals surface area contributed by atoms with Crippen molar-refractivity contribution in [1.82, 2.24) is 0 Å². The molecule has 0 saturated carbocycles. The number of benzene rings is 2. The maximum absolute atomic E-state index is 11.3. The molecule has 0 saturated heterocycles. The summed E-state index contributed by atoms with van der Waals surface area (Å²) in [7, 11) is 3.17. The summed E-state index contributed by atoms with van der Waals surface area (Å²) in [4.78, 5) is 11.3. The van der Waals surface area contributed by atoms with Crippen molar-refractivity contribution in [2.75, 3.05) is 14.2 Å². The molecule has 6 heteroatoms. The fourth-order valence-corrected chi connectivity index (χ4v) is 2.74. The number of hydrogen-bond donors (Lipinski definition) is 0. The number of fused-ring (bicyclic) bond motifs is 1. The quantitative estimate of drug-likeness (QED) is 0.612. The molecule has 2 aromatic carbocycles. The fraction of sp³-hybridized carbons (Fsp3) is 0.167. The normalized spacial score (nSPS) is 10.6. The lowest BCUT2D eigenvalue weighted by Crippen LogP contribution is -1.99. The number of ether oxygens (including phenoxy) is 3. The second-order valence-electron chi connectivity index (χ2n) is 5.04. The van der Waals surface area contributed by atoms with E-state index < -0.39 is 0 Å². The summed E-state index contributed by atoms with van der Waals surface area (Å²) in [5, 5.41) is 0.842. The van der Waals surface area contributed by atoms with Crippen LogP contribution in [-0.4, -0.2) is 14.2 Å². The Morgan fingerprint density at radius 2 is 1.71 bits per heavy atom. The zero-order chi connectivity index (χ0) is 17.1. The van der Waals surface area contributed by atoms with Crippen LogP contribution >= 0.6 is 15.9 Å². The summed E-state index contributed by atoms with van der Waals surface area (Å²) in [5.74, 6) is 1.88. The zero-order valence-corrected chi connectivity index (χ0v) is 14.8. The van der Waals surface area contributed by atoms with Gasteiger partial charge in [0.25, 0.3) is 0 Å². The van der Waals surface area contributed by atoms with E-state index in [1.54, 1.807) is 26.4 Å². The number of methoxy groups -OCH3 is 2. The molecule has 0 bridgehead atoms. The number of rotatable bonds is 5. The lowest BCUT2D eigenvalue weighted by molar-refractivity contribution is 0.303. The van der Waals surface area contributed by atoms with E-state index >= 15 is 0 Å². The van der Waals surface area contributed by atoms with Gasteiger partial charge in [0.05, 0.1) is 14.2 Å². The molecule has 3 aromatic rings. The Morgan fingerprint density at radius 3 is 2.46 bits per heavy atom. The highest BCUT2D eigenvalue weighted by molar-refractivity contribution is 9.10. The highest BCUT2D eigenvalue weighted by Gasteiger charge is 2.10. The third-order valence-electron chi connectivity index (χ3n) is 3.54. The van der Waals surface area contributed by atoms with E-state index in [-0.39, 0.29) is 5.63 Å². The molecule has 0 radical (unpaired) electrons. The Hall–Kier alpha value is -2.47. The van der Waals surface area contributed by atoms with Crippen LogP contribution in [0.1, 0.15) is 5.56 Å². The van der Waals surface area contributed by atoms with Crippen molar-refractivity contribution in [3.63, 3.8) is 0 Å². The first-order valence-corrected chi connectivity index (χ1v) is 7.97. The van der Waals surface area contributed by atoms with Gasteiger partial charge in [-0.2, -0.15) is 0 Å². The molecular formula is C18H15BrO5. The summed E-state index contributed by atoms with van der Waals surface area (Å²) in [6, 6.07) is 12.2. The monoisotopic (exact) mass is 390 g/mol. The minimum atomic E-state index is -0.387. The second kappa shape index (κ2) is 6.97. The maximum atomic E-state index is 11.3. The van der Waals surface area contributed by atoms with E-state index in [2.05, 4.69) is 15.9 Å². The Bertz CT molecular complexity index is 932. The molecule has 5 nitrogen and oxygen atoms in total. The van der Waals surface area contributed by atoms with Crippen molar-refractivity contribution < 1.29 is 18.6 Å². The largest absolute Gasteiger partial charge is 0.493 e. The van der Waals surface area contributed by atoms with Gasteiger partial charge in [-0.05, 0) is 30.3 Å². The van der Waals surface area contributed by atoms with Gasteiger partial charge in [-0.3, -0.25) is 0 Å². The molecule has 1 heterocycles. The summed E-state index contributed by atoms with van der Waals surface area (Å²) in [6.07, 6.45) is 0. The molecule has 0 N–H and O–H groups in total. The van der Waals surface area contributed by atoms with E-state index in [1.807, 2.05) is 24.3 Å². The van der Waals surface area contributed by atoms with Crippen molar-refractivity contribution in [3.05, 3.63) is 62.9 Å². The van der Waals surface area contributed by atoms with Crippen LogP contribution in [0.2, 0.25) is 0 Å². The Balaban J connectivity index is 1.84. The standard InChI is InChI=1S/C18H15BrO5/c1-21-16-7-12(14(19)9-17(16)22-2)10-23-13-5-3-11-4-6-18(20)24-15(11)8-13/h3-9H,10H2,1-2H3. The molecule has 0 amide bonds. The van der Waals surface area contributed by atoms with Crippen molar-refractivity contribution in [2.45, 2.75) is 6.61 Å². The number of hydrogen-bond acceptors (Lipinski definition) is 5. The van der Waals surface area contributed by atoms with E-state index in [0.717, 1.165) is 15.4 Å².